The average Bonchev–Trinajstić information content (AvgIpc) is 3.00. The quantitative estimate of drug-likeness (QED) is 0.429. The molecule has 7 heteroatoms. The van der Waals surface area contributed by atoms with Gasteiger partial charge >= 0.3 is 11.9 Å². The van der Waals surface area contributed by atoms with Gasteiger partial charge in [0.15, 0.2) is 17.3 Å². The number of hydrogen-bond acceptors (Lipinski definition) is 7. The predicted molar refractivity (Wildman–Crippen MR) is 78.3 cm³/mol. The van der Waals surface area contributed by atoms with Crippen molar-refractivity contribution in [2.45, 2.75) is 20.3 Å². The van der Waals surface area contributed by atoms with Gasteiger partial charge in [0.2, 0.25) is 6.79 Å². The largest absolute Gasteiger partial charge is 0.466 e. The van der Waals surface area contributed by atoms with Gasteiger partial charge < -0.3 is 18.9 Å². The second-order valence-electron chi connectivity index (χ2n) is 4.75. The summed E-state index contributed by atoms with van der Waals surface area (Å²) >= 11 is 0. The van der Waals surface area contributed by atoms with Crippen LogP contribution in [0.5, 0.6) is 11.5 Å². The topological polar surface area (TPSA) is 88.1 Å². The smallest absolute Gasteiger partial charge is 0.317 e. The molecule has 1 aliphatic rings. The summed E-state index contributed by atoms with van der Waals surface area (Å²) in [6.07, 6.45) is -0.361. The fourth-order valence-corrected chi connectivity index (χ4v) is 2.16. The highest BCUT2D eigenvalue weighted by Gasteiger charge is 2.32. The lowest BCUT2D eigenvalue weighted by Gasteiger charge is -2.14. The third-order valence-corrected chi connectivity index (χ3v) is 3.22. The Balaban J connectivity index is 2.21. The summed E-state index contributed by atoms with van der Waals surface area (Å²) in [4.78, 5) is 36.3. The summed E-state index contributed by atoms with van der Waals surface area (Å²) in [6.45, 7) is 3.65. The van der Waals surface area contributed by atoms with Gasteiger partial charge in [0.25, 0.3) is 0 Å². The minimum absolute atomic E-state index is 0.0805. The summed E-state index contributed by atoms with van der Waals surface area (Å²) in [5.74, 6) is -2.18. The fourth-order valence-electron chi connectivity index (χ4n) is 2.16. The van der Waals surface area contributed by atoms with Gasteiger partial charge in [-0.2, -0.15) is 0 Å². The molecule has 0 spiro atoms. The fraction of sp³-hybridized carbons (Fsp3) is 0.438. The van der Waals surface area contributed by atoms with Crippen LogP contribution in [0.1, 0.15) is 30.6 Å². The van der Waals surface area contributed by atoms with Crippen LogP contribution in [0.15, 0.2) is 18.2 Å². The Morgan fingerprint density at radius 1 is 1.09 bits per heavy atom. The summed E-state index contributed by atoms with van der Waals surface area (Å²) in [5.41, 5.74) is 0.247. The first kappa shape index (κ1) is 16.8. The van der Waals surface area contributed by atoms with Crippen LogP contribution in [0, 0.1) is 5.92 Å². The van der Waals surface area contributed by atoms with Crippen molar-refractivity contribution < 1.29 is 33.3 Å². The van der Waals surface area contributed by atoms with Crippen LogP contribution >= 0.6 is 0 Å². The number of fused-ring (bicyclic) bond motifs is 1. The number of carbonyl (C=O) groups excluding carboxylic acids is 3. The SMILES string of the molecule is CCOC(=O)CC(C(=O)OCC)C(=O)c1ccc2c(c1)OCO2. The van der Waals surface area contributed by atoms with E-state index in [9.17, 15) is 14.4 Å². The lowest BCUT2D eigenvalue weighted by Crippen LogP contribution is -2.29. The number of ketones is 1. The maximum Gasteiger partial charge on any atom is 0.317 e. The summed E-state index contributed by atoms with van der Waals surface area (Å²) in [6, 6.07) is 4.59. The van der Waals surface area contributed by atoms with Crippen molar-refractivity contribution in [3.63, 3.8) is 0 Å². The molecule has 0 amide bonds. The van der Waals surface area contributed by atoms with Crippen LogP contribution in [0.4, 0.5) is 0 Å². The minimum atomic E-state index is -1.24. The van der Waals surface area contributed by atoms with Crippen LogP contribution in [0.3, 0.4) is 0 Å². The summed E-state index contributed by atoms with van der Waals surface area (Å²) < 4.78 is 20.1. The molecule has 0 saturated heterocycles. The van der Waals surface area contributed by atoms with Crippen molar-refractivity contribution in [1.82, 2.24) is 0 Å². The van der Waals surface area contributed by atoms with E-state index in [0.29, 0.717) is 11.5 Å². The molecule has 0 N–H and O–H groups in total. The molecular formula is C16H18O7. The van der Waals surface area contributed by atoms with E-state index in [-0.39, 0.29) is 32.0 Å². The first-order valence-electron chi connectivity index (χ1n) is 7.32. The van der Waals surface area contributed by atoms with Crippen LogP contribution in [-0.4, -0.2) is 37.7 Å². The standard InChI is InChI=1S/C16H18O7/c1-3-20-14(17)8-11(16(19)21-4-2)15(18)10-5-6-12-13(7-10)23-9-22-12/h5-7,11H,3-4,8-9H2,1-2H3. The van der Waals surface area contributed by atoms with E-state index in [1.165, 1.54) is 12.1 Å². The van der Waals surface area contributed by atoms with E-state index in [1.54, 1.807) is 19.9 Å². The Kier molecular flexibility index (Phi) is 5.56. The van der Waals surface area contributed by atoms with Crippen LogP contribution < -0.4 is 9.47 Å². The molecule has 0 aromatic heterocycles. The lowest BCUT2D eigenvalue weighted by molar-refractivity contribution is -0.152. The Morgan fingerprint density at radius 2 is 1.78 bits per heavy atom. The van der Waals surface area contributed by atoms with E-state index < -0.39 is 23.6 Å². The van der Waals surface area contributed by atoms with Crippen molar-refractivity contribution in [2.75, 3.05) is 20.0 Å². The zero-order chi connectivity index (χ0) is 16.8. The highest BCUT2D eigenvalue weighted by atomic mass is 16.7. The first-order valence-corrected chi connectivity index (χ1v) is 7.32. The molecule has 124 valence electrons. The molecule has 0 fully saturated rings. The first-order chi connectivity index (χ1) is 11.1. The van der Waals surface area contributed by atoms with Crippen molar-refractivity contribution in [3.05, 3.63) is 23.8 Å². The van der Waals surface area contributed by atoms with Gasteiger partial charge in [0.05, 0.1) is 19.6 Å². The Bertz CT molecular complexity index is 608. The second-order valence-corrected chi connectivity index (χ2v) is 4.75. The van der Waals surface area contributed by atoms with E-state index in [1.807, 2.05) is 0 Å². The summed E-state index contributed by atoms with van der Waals surface area (Å²) in [7, 11) is 0. The molecule has 1 aromatic carbocycles. The number of rotatable bonds is 7. The summed E-state index contributed by atoms with van der Waals surface area (Å²) in [5, 5.41) is 0. The predicted octanol–water partition coefficient (Wildman–Crippen LogP) is 1.73. The van der Waals surface area contributed by atoms with Gasteiger partial charge in [-0.3, -0.25) is 14.4 Å². The highest BCUT2D eigenvalue weighted by Crippen LogP contribution is 2.33. The number of esters is 2. The number of benzene rings is 1. The molecule has 23 heavy (non-hydrogen) atoms. The van der Waals surface area contributed by atoms with E-state index in [2.05, 4.69) is 0 Å². The Morgan fingerprint density at radius 3 is 2.48 bits per heavy atom. The van der Waals surface area contributed by atoms with Crippen molar-refractivity contribution >= 4 is 17.7 Å². The number of ether oxygens (including phenoxy) is 4. The molecule has 0 saturated carbocycles. The van der Waals surface area contributed by atoms with Gasteiger partial charge in [-0.25, -0.2) is 0 Å². The van der Waals surface area contributed by atoms with Crippen molar-refractivity contribution in [2.24, 2.45) is 5.92 Å². The Labute approximate surface area is 133 Å². The molecule has 2 rings (SSSR count). The van der Waals surface area contributed by atoms with Gasteiger partial charge in [-0.1, -0.05) is 0 Å². The lowest BCUT2D eigenvalue weighted by atomic mass is 9.94. The molecule has 1 heterocycles. The van der Waals surface area contributed by atoms with Crippen molar-refractivity contribution in [1.29, 1.82) is 0 Å². The second kappa shape index (κ2) is 7.62. The normalized spacial score (nSPS) is 13.3. The molecule has 1 unspecified atom stereocenters. The molecule has 1 aromatic rings. The molecule has 0 aliphatic carbocycles. The molecule has 0 radical (unpaired) electrons. The van der Waals surface area contributed by atoms with Gasteiger partial charge in [-0.05, 0) is 32.0 Å². The average molecular weight is 322 g/mol. The number of carbonyl (C=O) groups is 3. The molecule has 7 nitrogen and oxygen atoms in total. The zero-order valence-electron chi connectivity index (χ0n) is 13.0. The Hall–Kier alpha value is -2.57. The zero-order valence-corrected chi connectivity index (χ0v) is 13.0. The van der Waals surface area contributed by atoms with Crippen LogP contribution in [0.25, 0.3) is 0 Å². The highest BCUT2D eigenvalue weighted by molar-refractivity contribution is 6.10. The number of hydrogen-bond donors (Lipinski definition) is 0. The monoisotopic (exact) mass is 322 g/mol. The van der Waals surface area contributed by atoms with Crippen LogP contribution in [0.2, 0.25) is 0 Å². The van der Waals surface area contributed by atoms with E-state index >= 15 is 0 Å². The van der Waals surface area contributed by atoms with Crippen molar-refractivity contribution in [3.8, 4) is 11.5 Å². The number of Topliss-reactive ketones (excluding diaryl/α,β-unsaturated/α-hetero) is 1. The minimum Gasteiger partial charge on any atom is -0.466 e. The third-order valence-electron chi connectivity index (χ3n) is 3.22. The van der Waals surface area contributed by atoms with Gasteiger partial charge in [0, 0.05) is 5.56 Å². The third kappa shape index (κ3) is 4.00. The molecular weight excluding hydrogens is 304 g/mol. The van der Waals surface area contributed by atoms with E-state index in [0.717, 1.165) is 0 Å². The van der Waals surface area contributed by atoms with Crippen LogP contribution in [-0.2, 0) is 19.1 Å². The van der Waals surface area contributed by atoms with E-state index in [4.69, 9.17) is 18.9 Å². The molecule has 1 aliphatic heterocycles. The molecule has 1 atom stereocenters. The maximum atomic E-state index is 12.6. The molecule has 0 bridgehead atoms. The van der Waals surface area contributed by atoms with Gasteiger partial charge in [-0.15, -0.1) is 0 Å². The maximum absolute atomic E-state index is 12.6. The van der Waals surface area contributed by atoms with Gasteiger partial charge in [0.1, 0.15) is 5.92 Å².